The minimum absolute atomic E-state index is 0.0116. The largest absolute Gasteiger partial charge is 0.368 e. The summed E-state index contributed by atoms with van der Waals surface area (Å²) in [6.45, 7) is 5.36. The maximum Gasteiger partial charge on any atom is 0.0584 e. The van der Waals surface area contributed by atoms with Crippen LogP contribution in [-0.2, 0) is 5.54 Å². The van der Waals surface area contributed by atoms with Crippen molar-refractivity contribution in [2.75, 3.05) is 30.8 Å². The minimum Gasteiger partial charge on any atom is -0.368 e. The number of hydrogen-bond acceptors (Lipinski definition) is 3. The molecule has 0 aliphatic carbocycles. The molecular weight excluding hydrogens is 276 g/mol. The van der Waals surface area contributed by atoms with Crippen LogP contribution in [0.2, 0.25) is 0 Å². The molecule has 1 aliphatic heterocycles. The zero-order valence-electron chi connectivity index (χ0n) is 12.7. The van der Waals surface area contributed by atoms with Gasteiger partial charge in [0.2, 0.25) is 0 Å². The van der Waals surface area contributed by atoms with Gasteiger partial charge in [-0.1, -0.05) is 30.3 Å². The number of nitrogens with zero attached hydrogens (tertiary/aromatic N) is 1. The molecule has 21 heavy (non-hydrogen) atoms. The molecular formula is C18H22N2S. The summed E-state index contributed by atoms with van der Waals surface area (Å²) in [5.74, 6) is 0. The van der Waals surface area contributed by atoms with E-state index >= 15 is 0 Å². The summed E-state index contributed by atoms with van der Waals surface area (Å²) in [6.07, 6.45) is 2.12. The third-order valence-corrected chi connectivity index (χ3v) is 5.00. The third-order valence-electron chi connectivity index (χ3n) is 4.25. The van der Waals surface area contributed by atoms with Gasteiger partial charge in [0.05, 0.1) is 5.54 Å². The van der Waals surface area contributed by atoms with E-state index in [1.54, 1.807) is 11.8 Å². The third kappa shape index (κ3) is 3.09. The molecule has 2 aromatic carbocycles. The van der Waals surface area contributed by atoms with E-state index in [9.17, 15) is 0 Å². The van der Waals surface area contributed by atoms with Crippen LogP contribution in [0.5, 0.6) is 0 Å². The lowest BCUT2D eigenvalue weighted by Crippen LogP contribution is -2.56. The number of nitrogens with one attached hydrogen (secondary N) is 1. The first-order chi connectivity index (χ1) is 10.2. The molecule has 1 aliphatic rings. The molecule has 0 bridgehead atoms. The molecule has 2 aromatic rings. The van der Waals surface area contributed by atoms with Crippen LogP contribution < -0.4 is 10.2 Å². The molecule has 0 aromatic heterocycles. The number of rotatable bonds is 3. The second kappa shape index (κ2) is 6.12. The second-order valence-corrected chi connectivity index (χ2v) is 6.62. The highest BCUT2D eigenvalue weighted by molar-refractivity contribution is 7.98. The van der Waals surface area contributed by atoms with E-state index < -0.39 is 0 Å². The number of benzene rings is 2. The predicted molar refractivity (Wildman–Crippen MR) is 92.2 cm³/mol. The second-order valence-electron chi connectivity index (χ2n) is 5.74. The van der Waals surface area contributed by atoms with Gasteiger partial charge < -0.3 is 10.2 Å². The summed E-state index contributed by atoms with van der Waals surface area (Å²) in [4.78, 5) is 3.80. The van der Waals surface area contributed by atoms with Gasteiger partial charge in [-0.2, -0.15) is 0 Å². The van der Waals surface area contributed by atoms with Crippen molar-refractivity contribution in [2.24, 2.45) is 0 Å². The zero-order chi connectivity index (χ0) is 14.7. The van der Waals surface area contributed by atoms with Crippen molar-refractivity contribution in [3.63, 3.8) is 0 Å². The predicted octanol–water partition coefficient (Wildman–Crippen LogP) is 3.73. The van der Waals surface area contributed by atoms with Gasteiger partial charge in [0.25, 0.3) is 0 Å². The average Bonchev–Trinajstić information content (AvgIpc) is 2.56. The Hall–Kier alpha value is -1.45. The molecule has 110 valence electrons. The lowest BCUT2D eigenvalue weighted by molar-refractivity contribution is 0.332. The monoisotopic (exact) mass is 298 g/mol. The molecule has 1 atom stereocenters. The van der Waals surface area contributed by atoms with Gasteiger partial charge >= 0.3 is 0 Å². The summed E-state index contributed by atoms with van der Waals surface area (Å²) in [5.41, 5.74) is 2.68. The van der Waals surface area contributed by atoms with E-state index in [1.807, 2.05) is 0 Å². The summed E-state index contributed by atoms with van der Waals surface area (Å²) >= 11 is 1.79. The maximum atomic E-state index is 3.69. The van der Waals surface area contributed by atoms with E-state index in [0.717, 1.165) is 19.6 Å². The highest BCUT2D eigenvalue weighted by Gasteiger charge is 2.32. The lowest BCUT2D eigenvalue weighted by atomic mass is 9.89. The minimum atomic E-state index is 0.0116. The smallest absolute Gasteiger partial charge is 0.0584 e. The van der Waals surface area contributed by atoms with E-state index in [4.69, 9.17) is 0 Å². The average molecular weight is 298 g/mol. The fraction of sp³-hybridized carbons (Fsp3) is 0.333. The maximum absolute atomic E-state index is 3.69. The normalized spacial score (nSPS) is 22.3. The van der Waals surface area contributed by atoms with Crippen LogP contribution in [0.1, 0.15) is 12.5 Å². The highest BCUT2D eigenvalue weighted by atomic mass is 32.2. The zero-order valence-corrected chi connectivity index (χ0v) is 13.5. The summed E-state index contributed by atoms with van der Waals surface area (Å²) in [5, 5.41) is 3.69. The van der Waals surface area contributed by atoms with Crippen LogP contribution in [0, 0.1) is 0 Å². The van der Waals surface area contributed by atoms with Crippen molar-refractivity contribution in [1.82, 2.24) is 5.32 Å². The summed E-state index contributed by atoms with van der Waals surface area (Å²) in [7, 11) is 0. The van der Waals surface area contributed by atoms with Gasteiger partial charge in [0.15, 0.2) is 0 Å². The Labute approximate surface area is 131 Å². The van der Waals surface area contributed by atoms with Crippen LogP contribution in [0.3, 0.4) is 0 Å². The van der Waals surface area contributed by atoms with E-state index in [1.165, 1.54) is 16.1 Å². The molecule has 3 rings (SSSR count). The summed E-state index contributed by atoms with van der Waals surface area (Å²) in [6, 6.07) is 19.6. The fourth-order valence-electron chi connectivity index (χ4n) is 3.00. The van der Waals surface area contributed by atoms with Crippen molar-refractivity contribution in [2.45, 2.75) is 17.4 Å². The van der Waals surface area contributed by atoms with E-state index in [-0.39, 0.29) is 5.54 Å². The molecule has 0 saturated carbocycles. The standard InChI is InChI=1S/C18H22N2S/c1-18(15-6-4-3-5-7-15)14-20(13-12-19-18)16-8-10-17(21-2)11-9-16/h3-11,19H,12-14H2,1-2H3. The Morgan fingerprint density at radius 3 is 2.43 bits per heavy atom. The highest BCUT2D eigenvalue weighted by Crippen LogP contribution is 2.28. The Balaban J connectivity index is 1.82. The van der Waals surface area contributed by atoms with E-state index in [0.29, 0.717) is 0 Å². The van der Waals surface area contributed by atoms with Crippen molar-refractivity contribution in [1.29, 1.82) is 0 Å². The topological polar surface area (TPSA) is 15.3 Å². The van der Waals surface area contributed by atoms with Gasteiger partial charge in [0, 0.05) is 30.2 Å². The molecule has 1 unspecified atom stereocenters. The van der Waals surface area contributed by atoms with Gasteiger partial charge in [-0.05, 0) is 43.0 Å². The van der Waals surface area contributed by atoms with Gasteiger partial charge in [-0.15, -0.1) is 11.8 Å². The molecule has 0 spiro atoms. The van der Waals surface area contributed by atoms with Gasteiger partial charge in [-0.25, -0.2) is 0 Å². The van der Waals surface area contributed by atoms with Crippen LogP contribution in [0.4, 0.5) is 5.69 Å². The Kier molecular flexibility index (Phi) is 4.22. The number of piperazine rings is 1. The number of anilines is 1. The first-order valence-electron chi connectivity index (χ1n) is 7.41. The summed E-state index contributed by atoms with van der Waals surface area (Å²) < 4.78 is 0. The Morgan fingerprint density at radius 1 is 1.05 bits per heavy atom. The molecule has 1 heterocycles. The molecule has 1 N–H and O–H groups in total. The molecule has 2 nitrogen and oxygen atoms in total. The molecule has 1 saturated heterocycles. The van der Waals surface area contributed by atoms with Crippen molar-refractivity contribution >= 4 is 17.4 Å². The molecule has 1 fully saturated rings. The van der Waals surface area contributed by atoms with Crippen LogP contribution in [-0.4, -0.2) is 25.9 Å². The van der Waals surface area contributed by atoms with Gasteiger partial charge in [-0.3, -0.25) is 0 Å². The van der Waals surface area contributed by atoms with Crippen LogP contribution in [0.25, 0.3) is 0 Å². The Morgan fingerprint density at radius 2 is 1.76 bits per heavy atom. The van der Waals surface area contributed by atoms with Gasteiger partial charge in [0.1, 0.15) is 0 Å². The number of thioether (sulfide) groups is 1. The van der Waals surface area contributed by atoms with E-state index in [2.05, 4.69) is 78.0 Å². The molecule has 0 amide bonds. The quantitative estimate of drug-likeness (QED) is 0.869. The van der Waals surface area contributed by atoms with Crippen molar-refractivity contribution in [3.8, 4) is 0 Å². The molecule has 0 radical (unpaired) electrons. The first kappa shape index (κ1) is 14.5. The van der Waals surface area contributed by atoms with Crippen molar-refractivity contribution in [3.05, 3.63) is 60.2 Å². The van der Waals surface area contributed by atoms with Crippen molar-refractivity contribution < 1.29 is 0 Å². The number of hydrogen-bond donors (Lipinski definition) is 1. The Bertz CT molecular complexity index is 582. The fourth-order valence-corrected chi connectivity index (χ4v) is 3.40. The first-order valence-corrected chi connectivity index (χ1v) is 8.63. The SMILES string of the molecule is CSc1ccc(N2CCNC(C)(c3ccccc3)C2)cc1. The van der Waals surface area contributed by atoms with Crippen LogP contribution >= 0.6 is 11.8 Å². The molecule has 3 heteroatoms. The lowest BCUT2D eigenvalue weighted by Gasteiger charge is -2.43. The van der Waals surface area contributed by atoms with Crippen LogP contribution in [0.15, 0.2) is 59.5 Å².